The highest BCUT2D eigenvalue weighted by Crippen LogP contribution is 2.29. The van der Waals surface area contributed by atoms with Crippen molar-refractivity contribution in [3.05, 3.63) is 82.9 Å². The molecule has 1 heterocycles. The molecule has 0 aliphatic carbocycles. The van der Waals surface area contributed by atoms with Gasteiger partial charge in [0.15, 0.2) is 0 Å². The topological polar surface area (TPSA) is 56.1 Å². The number of methoxy groups -OCH3 is 1. The molecule has 2 aromatic carbocycles. The normalized spacial score (nSPS) is 11.8. The van der Waals surface area contributed by atoms with Gasteiger partial charge >= 0.3 is 0 Å². The molecule has 0 aliphatic rings. The molecule has 0 saturated carbocycles. The maximum Gasteiger partial charge on any atom is 0.253 e. The Labute approximate surface area is 151 Å². The number of carbonyl (C=O) groups is 1. The van der Waals surface area contributed by atoms with Gasteiger partial charge in [0, 0.05) is 25.0 Å². The fraction of sp³-hybridized carbons (Fsp3) is 0.158. The number of imidazole rings is 1. The molecule has 1 aromatic heterocycles. The maximum absolute atomic E-state index is 12.8. The highest BCUT2D eigenvalue weighted by Gasteiger charge is 2.24. The highest BCUT2D eigenvalue weighted by atomic mass is 35.5. The molecule has 25 heavy (non-hydrogen) atoms. The first kappa shape index (κ1) is 17.0. The van der Waals surface area contributed by atoms with E-state index < -0.39 is 6.04 Å². The summed E-state index contributed by atoms with van der Waals surface area (Å²) < 4.78 is 7.33. The minimum absolute atomic E-state index is 0.274. The van der Waals surface area contributed by atoms with Gasteiger partial charge in [-0.05, 0) is 18.2 Å². The number of amides is 1. The van der Waals surface area contributed by atoms with Crippen molar-refractivity contribution in [2.75, 3.05) is 7.11 Å². The lowest BCUT2D eigenvalue weighted by Gasteiger charge is -2.21. The molecule has 3 rings (SSSR count). The Morgan fingerprint density at radius 2 is 1.92 bits per heavy atom. The quantitative estimate of drug-likeness (QED) is 0.760. The summed E-state index contributed by atoms with van der Waals surface area (Å²) >= 11 is 6.16. The molecule has 1 N–H and O–H groups in total. The first-order valence-electron chi connectivity index (χ1n) is 7.77. The van der Waals surface area contributed by atoms with Gasteiger partial charge in [0.1, 0.15) is 17.6 Å². The molecule has 5 nitrogen and oxygen atoms in total. The molecule has 6 heteroatoms. The Morgan fingerprint density at radius 1 is 1.20 bits per heavy atom. The minimum atomic E-state index is -0.472. The Hall–Kier alpha value is -2.79. The van der Waals surface area contributed by atoms with Crippen LogP contribution in [0.25, 0.3) is 0 Å². The van der Waals surface area contributed by atoms with Gasteiger partial charge in [-0.2, -0.15) is 0 Å². The van der Waals surface area contributed by atoms with Crippen LogP contribution in [0.5, 0.6) is 5.75 Å². The monoisotopic (exact) mass is 355 g/mol. The number of aryl methyl sites for hydroxylation is 1. The van der Waals surface area contributed by atoms with Crippen LogP contribution in [0.15, 0.2) is 60.9 Å². The lowest BCUT2D eigenvalue weighted by Crippen LogP contribution is -2.31. The first-order valence-corrected chi connectivity index (χ1v) is 8.15. The van der Waals surface area contributed by atoms with Crippen LogP contribution in [-0.4, -0.2) is 22.6 Å². The number of nitrogens with zero attached hydrogens (tertiary/aromatic N) is 2. The Morgan fingerprint density at radius 3 is 2.60 bits per heavy atom. The second-order valence-electron chi connectivity index (χ2n) is 5.52. The van der Waals surface area contributed by atoms with Crippen LogP contribution in [0, 0.1) is 0 Å². The van der Waals surface area contributed by atoms with Crippen LogP contribution in [0.3, 0.4) is 0 Å². The van der Waals surface area contributed by atoms with E-state index in [1.807, 2.05) is 42.1 Å². The van der Waals surface area contributed by atoms with Crippen LogP contribution in [0.2, 0.25) is 5.02 Å². The van der Waals surface area contributed by atoms with Gasteiger partial charge in [-0.15, -0.1) is 0 Å². The van der Waals surface area contributed by atoms with Crippen LogP contribution >= 0.6 is 11.6 Å². The zero-order valence-electron chi connectivity index (χ0n) is 13.9. The van der Waals surface area contributed by atoms with E-state index in [1.54, 1.807) is 37.6 Å². The van der Waals surface area contributed by atoms with E-state index in [9.17, 15) is 4.79 Å². The summed E-state index contributed by atoms with van der Waals surface area (Å²) in [7, 11) is 3.48. The Bertz CT molecular complexity index is 892. The molecule has 0 radical (unpaired) electrons. The number of aromatic nitrogens is 2. The van der Waals surface area contributed by atoms with Crippen molar-refractivity contribution in [1.82, 2.24) is 14.9 Å². The second kappa shape index (κ2) is 7.40. The summed E-state index contributed by atoms with van der Waals surface area (Å²) in [6.07, 6.45) is 3.53. The minimum Gasteiger partial charge on any atom is -0.496 e. The molecular weight excluding hydrogens is 338 g/mol. The fourth-order valence-electron chi connectivity index (χ4n) is 2.70. The summed E-state index contributed by atoms with van der Waals surface area (Å²) in [6, 6.07) is 14.0. The zero-order chi connectivity index (χ0) is 17.8. The summed E-state index contributed by atoms with van der Waals surface area (Å²) in [6.45, 7) is 0. The molecule has 0 unspecified atom stereocenters. The smallest absolute Gasteiger partial charge is 0.253 e. The molecule has 128 valence electrons. The van der Waals surface area contributed by atoms with Crippen LogP contribution in [0.4, 0.5) is 0 Å². The number of hydrogen-bond donors (Lipinski definition) is 1. The van der Waals surface area contributed by atoms with Crippen LogP contribution in [0.1, 0.15) is 27.8 Å². The molecule has 3 aromatic rings. The molecule has 0 spiro atoms. The average Bonchev–Trinajstić information content (AvgIpc) is 3.05. The summed E-state index contributed by atoms with van der Waals surface area (Å²) in [4.78, 5) is 17.2. The van der Waals surface area contributed by atoms with Gasteiger partial charge in [-0.3, -0.25) is 4.79 Å². The van der Waals surface area contributed by atoms with Crippen molar-refractivity contribution in [2.24, 2.45) is 7.05 Å². The predicted octanol–water partition coefficient (Wildman–Crippen LogP) is 3.60. The number of para-hydroxylation sites is 1. The van der Waals surface area contributed by atoms with E-state index in [-0.39, 0.29) is 5.91 Å². The van der Waals surface area contributed by atoms with Crippen molar-refractivity contribution in [1.29, 1.82) is 0 Å². The van der Waals surface area contributed by atoms with Crippen molar-refractivity contribution < 1.29 is 9.53 Å². The van der Waals surface area contributed by atoms with Gasteiger partial charge in [-0.1, -0.05) is 41.9 Å². The molecule has 0 saturated heterocycles. The van der Waals surface area contributed by atoms with E-state index in [4.69, 9.17) is 16.3 Å². The summed E-state index contributed by atoms with van der Waals surface area (Å²) in [5.41, 5.74) is 1.23. The second-order valence-corrected chi connectivity index (χ2v) is 5.93. The maximum atomic E-state index is 12.8. The van der Waals surface area contributed by atoms with E-state index in [2.05, 4.69) is 10.3 Å². The SMILES string of the molecule is COc1ccccc1[C@H](NC(=O)c1ccccc1Cl)c1nccn1C. The molecule has 1 atom stereocenters. The number of nitrogens with one attached hydrogen (secondary N) is 1. The average molecular weight is 356 g/mol. The zero-order valence-corrected chi connectivity index (χ0v) is 14.7. The van der Waals surface area contributed by atoms with Crippen LogP contribution < -0.4 is 10.1 Å². The molecule has 0 bridgehead atoms. The van der Waals surface area contributed by atoms with E-state index >= 15 is 0 Å². The first-order chi connectivity index (χ1) is 12.1. The number of carbonyl (C=O) groups excluding carboxylic acids is 1. The van der Waals surface area contributed by atoms with Gasteiger partial charge in [-0.25, -0.2) is 4.98 Å². The number of rotatable bonds is 5. The largest absolute Gasteiger partial charge is 0.496 e. The lowest BCUT2D eigenvalue weighted by molar-refractivity contribution is 0.0941. The molecule has 0 fully saturated rings. The predicted molar refractivity (Wildman–Crippen MR) is 97.0 cm³/mol. The summed E-state index contributed by atoms with van der Waals surface area (Å²) in [5.74, 6) is 1.10. The van der Waals surface area contributed by atoms with E-state index in [0.717, 1.165) is 5.56 Å². The number of hydrogen-bond acceptors (Lipinski definition) is 3. The highest BCUT2D eigenvalue weighted by molar-refractivity contribution is 6.33. The Balaban J connectivity index is 2.02. The van der Waals surface area contributed by atoms with Crippen molar-refractivity contribution in [3.8, 4) is 5.75 Å². The number of halogens is 1. The van der Waals surface area contributed by atoms with Gasteiger partial charge in [0.25, 0.3) is 5.91 Å². The third-order valence-corrected chi connectivity index (χ3v) is 4.29. The standard InChI is InChI=1S/C19H18ClN3O2/c1-23-12-11-21-18(23)17(14-8-4-6-10-16(14)25-2)22-19(24)13-7-3-5-9-15(13)20/h3-12,17H,1-2H3,(H,22,24)/t17-/m0/s1. The number of ether oxygens (including phenoxy) is 1. The van der Waals surface area contributed by atoms with Crippen molar-refractivity contribution >= 4 is 17.5 Å². The summed E-state index contributed by atoms with van der Waals surface area (Å²) in [5, 5.41) is 3.42. The third kappa shape index (κ3) is 3.51. The van der Waals surface area contributed by atoms with E-state index in [0.29, 0.717) is 22.2 Å². The third-order valence-electron chi connectivity index (χ3n) is 3.96. The lowest BCUT2D eigenvalue weighted by atomic mass is 10.0. The van der Waals surface area contributed by atoms with Crippen molar-refractivity contribution in [3.63, 3.8) is 0 Å². The van der Waals surface area contributed by atoms with E-state index in [1.165, 1.54) is 0 Å². The van der Waals surface area contributed by atoms with Crippen molar-refractivity contribution in [2.45, 2.75) is 6.04 Å². The molecule has 1 amide bonds. The van der Waals surface area contributed by atoms with Gasteiger partial charge in [0.05, 0.1) is 17.7 Å². The van der Waals surface area contributed by atoms with Gasteiger partial charge < -0.3 is 14.6 Å². The molecule has 0 aliphatic heterocycles. The number of benzene rings is 2. The molecular formula is C19H18ClN3O2. The van der Waals surface area contributed by atoms with Gasteiger partial charge in [0.2, 0.25) is 0 Å². The van der Waals surface area contributed by atoms with Crippen LogP contribution in [-0.2, 0) is 7.05 Å². The Kier molecular flexibility index (Phi) is 5.05. The fourth-order valence-corrected chi connectivity index (χ4v) is 2.92.